The van der Waals surface area contributed by atoms with Gasteiger partial charge in [0.1, 0.15) is 29.0 Å². The van der Waals surface area contributed by atoms with Crippen LogP contribution in [0.5, 0.6) is 11.5 Å². The Hall–Kier alpha value is -4.33. The van der Waals surface area contributed by atoms with E-state index in [4.69, 9.17) is 10.00 Å². The number of rotatable bonds is 4. The average molecular weight is 475 g/mol. The Labute approximate surface area is 187 Å². The molecule has 0 atom stereocenters. The van der Waals surface area contributed by atoms with E-state index < -0.39 is 52.6 Å². The summed E-state index contributed by atoms with van der Waals surface area (Å²) in [5, 5.41) is 8.89. The molecule has 34 heavy (non-hydrogen) atoms. The lowest BCUT2D eigenvalue weighted by atomic mass is 10.1. The fourth-order valence-electron chi connectivity index (χ4n) is 3.31. The summed E-state index contributed by atoms with van der Waals surface area (Å²) in [7, 11) is 0. The Morgan fingerprint density at radius 3 is 2.35 bits per heavy atom. The maximum absolute atomic E-state index is 14.1. The third kappa shape index (κ3) is 4.43. The Kier molecular flexibility index (Phi) is 5.75. The largest absolute Gasteiger partial charge is 0.457 e. The summed E-state index contributed by atoms with van der Waals surface area (Å²) in [6.45, 7) is -0.440. The van der Waals surface area contributed by atoms with Gasteiger partial charge in [-0.25, -0.2) is 13.2 Å². The molecule has 0 fully saturated rings. The third-order valence-corrected chi connectivity index (χ3v) is 4.90. The fraction of sp³-hybridized carbons (Fsp3) is 0.0870. The van der Waals surface area contributed by atoms with E-state index in [0.717, 1.165) is 24.5 Å². The van der Waals surface area contributed by atoms with Gasteiger partial charge in [0.05, 0.1) is 41.0 Å². The second-order valence-electron chi connectivity index (χ2n) is 7.13. The van der Waals surface area contributed by atoms with Gasteiger partial charge in [-0.3, -0.25) is 4.79 Å². The van der Waals surface area contributed by atoms with E-state index in [9.17, 15) is 31.1 Å². The van der Waals surface area contributed by atoms with Gasteiger partial charge < -0.3 is 9.30 Å². The molecular formula is C23H11F6N3O2. The van der Waals surface area contributed by atoms with Gasteiger partial charge in [-0.2, -0.15) is 23.4 Å². The van der Waals surface area contributed by atoms with E-state index in [1.54, 1.807) is 6.07 Å². The predicted octanol–water partition coefficient (Wildman–Crippen LogP) is 5.54. The second kappa shape index (κ2) is 8.55. The number of hydrogen-bond donors (Lipinski definition) is 0. The van der Waals surface area contributed by atoms with Crippen molar-refractivity contribution in [1.29, 1.82) is 5.26 Å². The van der Waals surface area contributed by atoms with Crippen molar-refractivity contribution >= 4 is 10.9 Å². The number of alkyl halides is 3. The molecule has 0 N–H and O–H groups in total. The first-order valence-corrected chi connectivity index (χ1v) is 9.48. The van der Waals surface area contributed by atoms with Gasteiger partial charge in [0.15, 0.2) is 0 Å². The molecule has 0 aliphatic rings. The maximum Gasteiger partial charge on any atom is 0.419 e. The Balaban J connectivity index is 1.77. The molecule has 4 rings (SSSR count). The van der Waals surface area contributed by atoms with Crippen LogP contribution in [0.1, 0.15) is 16.7 Å². The van der Waals surface area contributed by atoms with Gasteiger partial charge in [0, 0.05) is 17.7 Å². The average Bonchev–Trinajstić information content (AvgIpc) is 2.77. The molecule has 0 unspecified atom stereocenters. The number of nitriles is 1. The number of aromatic nitrogens is 2. The highest BCUT2D eigenvalue weighted by Crippen LogP contribution is 2.39. The van der Waals surface area contributed by atoms with E-state index in [0.29, 0.717) is 18.2 Å². The van der Waals surface area contributed by atoms with Crippen molar-refractivity contribution in [2.75, 3.05) is 0 Å². The molecule has 4 aromatic rings. The van der Waals surface area contributed by atoms with Crippen molar-refractivity contribution in [2.45, 2.75) is 12.7 Å². The van der Waals surface area contributed by atoms with Gasteiger partial charge in [-0.05, 0) is 36.4 Å². The van der Waals surface area contributed by atoms with E-state index in [-0.39, 0.29) is 22.2 Å². The number of ether oxygens (including phenoxy) is 1. The van der Waals surface area contributed by atoms with E-state index >= 15 is 0 Å². The molecule has 5 nitrogen and oxygen atoms in total. The molecule has 3 aromatic carbocycles. The minimum Gasteiger partial charge on any atom is -0.457 e. The first kappa shape index (κ1) is 22.8. The molecule has 0 aliphatic heterocycles. The first-order chi connectivity index (χ1) is 16.1. The molecule has 172 valence electrons. The number of benzene rings is 3. The van der Waals surface area contributed by atoms with Crippen molar-refractivity contribution < 1.29 is 31.1 Å². The number of nitrogens with zero attached hydrogens (tertiary/aromatic N) is 3. The third-order valence-electron chi connectivity index (χ3n) is 4.90. The van der Waals surface area contributed by atoms with Crippen molar-refractivity contribution in [3.8, 4) is 17.6 Å². The van der Waals surface area contributed by atoms with E-state index in [2.05, 4.69) is 4.98 Å². The highest BCUT2D eigenvalue weighted by Gasteiger charge is 2.34. The molecule has 0 radical (unpaired) electrons. The smallest absolute Gasteiger partial charge is 0.419 e. The lowest BCUT2D eigenvalue weighted by molar-refractivity contribution is -0.138. The number of halogens is 6. The van der Waals surface area contributed by atoms with Crippen molar-refractivity contribution in [3.63, 3.8) is 0 Å². The fourth-order valence-corrected chi connectivity index (χ4v) is 3.31. The zero-order chi connectivity index (χ0) is 24.6. The van der Waals surface area contributed by atoms with Crippen LogP contribution in [-0.2, 0) is 12.7 Å². The van der Waals surface area contributed by atoms with Crippen LogP contribution in [0.15, 0.2) is 59.7 Å². The first-order valence-electron chi connectivity index (χ1n) is 9.48. The van der Waals surface area contributed by atoms with Gasteiger partial charge in [0.2, 0.25) is 0 Å². The predicted molar refractivity (Wildman–Crippen MR) is 108 cm³/mol. The molecule has 1 heterocycles. The quantitative estimate of drug-likeness (QED) is 0.364. The summed E-state index contributed by atoms with van der Waals surface area (Å²) in [6, 6.07) is 9.01. The summed E-state index contributed by atoms with van der Waals surface area (Å²) < 4.78 is 87.9. The van der Waals surface area contributed by atoms with Gasteiger partial charge in [0.25, 0.3) is 5.56 Å². The minimum atomic E-state index is -4.77. The number of fused-ring (bicyclic) bond motifs is 1. The van der Waals surface area contributed by atoms with Gasteiger partial charge >= 0.3 is 6.18 Å². The van der Waals surface area contributed by atoms with Crippen LogP contribution >= 0.6 is 0 Å². The van der Waals surface area contributed by atoms with Crippen LogP contribution in [0.25, 0.3) is 10.9 Å². The second-order valence-corrected chi connectivity index (χ2v) is 7.13. The Bertz CT molecular complexity index is 1500. The molecule has 0 bridgehead atoms. The molecule has 1 aromatic heterocycles. The van der Waals surface area contributed by atoms with Crippen LogP contribution in [-0.4, -0.2) is 9.55 Å². The van der Waals surface area contributed by atoms with Crippen molar-refractivity contribution in [1.82, 2.24) is 9.55 Å². The highest BCUT2D eigenvalue weighted by atomic mass is 19.4. The molecule has 0 aliphatic carbocycles. The molecule has 0 spiro atoms. The van der Waals surface area contributed by atoms with Crippen LogP contribution in [0.3, 0.4) is 0 Å². The minimum absolute atomic E-state index is 0.0730. The van der Waals surface area contributed by atoms with Crippen LogP contribution < -0.4 is 10.3 Å². The highest BCUT2D eigenvalue weighted by molar-refractivity contribution is 5.79. The molecular weight excluding hydrogens is 464 g/mol. The van der Waals surface area contributed by atoms with E-state index in [1.165, 1.54) is 16.7 Å². The molecule has 0 saturated carbocycles. The molecule has 11 heteroatoms. The zero-order valence-electron chi connectivity index (χ0n) is 16.8. The monoisotopic (exact) mass is 475 g/mol. The summed E-state index contributed by atoms with van der Waals surface area (Å²) in [6.07, 6.45) is -3.73. The van der Waals surface area contributed by atoms with Crippen molar-refractivity contribution in [3.05, 3.63) is 99.4 Å². The van der Waals surface area contributed by atoms with Gasteiger partial charge in [-0.15, -0.1) is 0 Å². The van der Waals surface area contributed by atoms with Gasteiger partial charge in [-0.1, -0.05) is 0 Å². The summed E-state index contributed by atoms with van der Waals surface area (Å²) >= 11 is 0. The standard InChI is InChI=1S/C23H11F6N3O2/c24-13-6-18(25)16(19(26)7-13)10-32-11-31-22(33)15-8-14(2-4-20(15)32)34-21-5-12(9-30)1-3-17(21)23(27,28)29/h1-8,11H,10H2. The lowest BCUT2D eigenvalue weighted by Gasteiger charge is -2.15. The molecule has 0 amide bonds. The Morgan fingerprint density at radius 2 is 1.71 bits per heavy atom. The topological polar surface area (TPSA) is 67.9 Å². The normalized spacial score (nSPS) is 11.4. The number of hydrogen-bond acceptors (Lipinski definition) is 4. The van der Waals surface area contributed by atoms with Crippen LogP contribution in [0, 0.1) is 28.8 Å². The zero-order valence-corrected chi connectivity index (χ0v) is 16.8. The summed E-state index contributed by atoms with van der Waals surface area (Å²) in [4.78, 5) is 15.9. The Morgan fingerprint density at radius 1 is 1.00 bits per heavy atom. The maximum atomic E-state index is 14.1. The summed E-state index contributed by atoms with van der Waals surface area (Å²) in [5.74, 6) is -4.18. The van der Waals surface area contributed by atoms with Crippen molar-refractivity contribution in [2.24, 2.45) is 0 Å². The molecule has 0 saturated heterocycles. The van der Waals surface area contributed by atoms with Crippen LogP contribution in [0.2, 0.25) is 0 Å². The summed E-state index contributed by atoms with van der Waals surface area (Å²) in [5.41, 5.74) is -2.29. The van der Waals surface area contributed by atoms with Crippen LogP contribution in [0.4, 0.5) is 26.3 Å². The lowest BCUT2D eigenvalue weighted by Crippen LogP contribution is -2.14. The van der Waals surface area contributed by atoms with E-state index in [1.807, 2.05) is 0 Å². The SMILES string of the molecule is N#Cc1ccc(C(F)(F)F)c(Oc2ccc3c(c2)c(=O)ncn3Cc2c(F)cc(F)cc2F)c1.